The van der Waals surface area contributed by atoms with Crippen LogP contribution < -0.4 is 52.2 Å². The molecule has 0 unspecified atom stereocenters. The fourth-order valence-electron chi connectivity index (χ4n) is 0. The summed E-state index contributed by atoms with van der Waals surface area (Å²) in [7, 11) is 0. The van der Waals surface area contributed by atoms with E-state index < -0.39 is 6.16 Å². The van der Waals surface area contributed by atoms with Crippen molar-refractivity contribution < 1.29 is 57.0 Å². The van der Waals surface area contributed by atoms with Crippen LogP contribution in [0.25, 0.3) is 0 Å². The minimum atomic E-state index is -2.33. The van der Waals surface area contributed by atoms with Crippen LogP contribution in [0.5, 0.6) is 0 Å². The molecule has 0 saturated heterocycles. The molecular weight excluding hydrogens is 143 g/mol. The molecule has 0 radical (unpaired) electrons. The molecule has 7 heavy (non-hydrogen) atoms. The molecule has 6 heteroatoms. The Balaban J connectivity index is -0.0000000150. The zero-order chi connectivity index (χ0) is 3.58. The van der Waals surface area contributed by atoms with Gasteiger partial charge in [0.2, 0.25) is 0 Å². The van der Waals surface area contributed by atoms with Gasteiger partial charge in [0.1, 0.15) is 0 Å². The smallest absolute Gasteiger partial charge is 1.00 e. The first-order chi connectivity index (χ1) is 1.73. The van der Waals surface area contributed by atoms with Crippen molar-refractivity contribution in [2.75, 3.05) is 0 Å². The van der Waals surface area contributed by atoms with Crippen LogP contribution in [0.15, 0.2) is 0 Å². The van der Waals surface area contributed by atoms with Gasteiger partial charge in [0.25, 0.3) is 0 Å². The summed E-state index contributed by atoms with van der Waals surface area (Å²) in [5, 5.41) is 16.7. The molecule has 0 rings (SSSR count). The number of halogens is 1. The third-order valence-corrected chi connectivity index (χ3v) is 0. The number of carboxylic acid groups (broad SMARTS) is 2. The normalized spacial score (nSPS) is 3.43. The molecule has 0 saturated carbocycles. The van der Waals surface area contributed by atoms with Crippen molar-refractivity contribution >= 4 is 29.2 Å². The van der Waals surface area contributed by atoms with E-state index in [1.54, 1.807) is 0 Å². The van der Waals surface area contributed by atoms with Crippen LogP contribution in [-0.2, 0) is 0 Å². The van der Waals surface area contributed by atoms with Crippen molar-refractivity contribution in [2.24, 2.45) is 0 Å². The molecule has 0 atom stereocenters. The van der Waals surface area contributed by atoms with E-state index in [1.165, 1.54) is 0 Å². The maximum absolute atomic E-state index is 8.33. The molecule has 0 aromatic carbocycles. The molecule has 0 aliphatic carbocycles. The van der Waals surface area contributed by atoms with Crippen molar-refractivity contribution in [2.45, 2.75) is 0 Å². The Morgan fingerprint density at radius 3 is 1.29 bits per heavy atom. The zero-order valence-electron chi connectivity index (χ0n) is 3.81. The van der Waals surface area contributed by atoms with E-state index in [4.69, 9.17) is 15.0 Å². The summed E-state index contributed by atoms with van der Waals surface area (Å²) in [6.45, 7) is 0. The number of hydrogen-bond acceptors (Lipinski definition) is 3. The topological polar surface area (TPSA) is 63.2 Å². The predicted octanol–water partition coefficient (Wildman–Crippen LogP) is -8.82. The van der Waals surface area contributed by atoms with Crippen LogP contribution in [0, 0.1) is 0 Å². The molecule has 0 aliphatic heterocycles. The van der Waals surface area contributed by atoms with Crippen molar-refractivity contribution in [3.63, 3.8) is 0 Å². The van der Waals surface area contributed by atoms with Gasteiger partial charge in [-0.15, -0.1) is 0 Å². The summed E-state index contributed by atoms with van der Waals surface area (Å²) in [6.07, 6.45) is -2.33. The van der Waals surface area contributed by atoms with E-state index in [2.05, 4.69) is 0 Å². The number of hydrogen-bond donors (Lipinski definition) is 0. The maximum Gasteiger partial charge on any atom is 2.00 e. The van der Waals surface area contributed by atoms with Crippen LogP contribution in [0.4, 0.5) is 4.79 Å². The van der Waals surface area contributed by atoms with Gasteiger partial charge in [-0.2, -0.15) is 0 Å². The van der Waals surface area contributed by atoms with Gasteiger partial charge in [0.05, 0.1) is 0 Å². The largest absolute Gasteiger partial charge is 2.00 e. The maximum atomic E-state index is 8.33. The summed E-state index contributed by atoms with van der Waals surface area (Å²) in [5.74, 6) is 0. The Labute approximate surface area is 85.3 Å². The molecule has 32 valence electrons. The summed E-state index contributed by atoms with van der Waals surface area (Å²) >= 11 is 0. The fourth-order valence-corrected chi connectivity index (χ4v) is 0. The second-order valence-corrected chi connectivity index (χ2v) is 0.250. The quantitative estimate of drug-likeness (QED) is 0.316. The predicted molar refractivity (Wildman–Crippen MR) is 11.1 cm³/mol. The van der Waals surface area contributed by atoms with Gasteiger partial charge in [-0.25, -0.2) is 0 Å². The Bertz CT molecular complexity index is 37.9. The Hall–Kier alpha value is 1.33. The molecule has 0 bridgehead atoms. The van der Waals surface area contributed by atoms with E-state index in [0.717, 1.165) is 0 Å². The minimum absolute atomic E-state index is 0. The molecule has 3 nitrogen and oxygen atoms in total. The molecular formula is CClMgNaO3. The zero-order valence-corrected chi connectivity index (χ0v) is 7.98. The van der Waals surface area contributed by atoms with Gasteiger partial charge in [0.15, 0.2) is 0 Å². The third-order valence-electron chi connectivity index (χ3n) is 0. The van der Waals surface area contributed by atoms with Crippen molar-refractivity contribution in [3.05, 3.63) is 0 Å². The van der Waals surface area contributed by atoms with Gasteiger partial charge >= 0.3 is 52.6 Å². The van der Waals surface area contributed by atoms with Gasteiger partial charge in [-0.1, -0.05) is 0 Å². The van der Waals surface area contributed by atoms with Crippen LogP contribution in [0.2, 0.25) is 0 Å². The first kappa shape index (κ1) is 23.9. The Kier molecular flexibility index (Phi) is 53.4. The molecule has 0 amide bonds. The summed E-state index contributed by atoms with van der Waals surface area (Å²) in [5.41, 5.74) is 0. The van der Waals surface area contributed by atoms with Crippen LogP contribution in [-0.4, -0.2) is 29.2 Å². The summed E-state index contributed by atoms with van der Waals surface area (Å²) in [4.78, 5) is 8.33. The summed E-state index contributed by atoms with van der Waals surface area (Å²) < 4.78 is 0. The van der Waals surface area contributed by atoms with E-state index >= 15 is 0 Å². The first-order valence-corrected chi connectivity index (χ1v) is 0.612. The second-order valence-electron chi connectivity index (χ2n) is 0.250. The van der Waals surface area contributed by atoms with E-state index in [1.807, 2.05) is 0 Å². The molecule has 0 aromatic rings. The molecule has 0 spiro atoms. The van der Waals surface area contributed by atoms with E-state index in [9.17, 15) is 0 Å². The van der Waals surface area contributed by atoms with Gasteiger partial charge in [0, 0.05) is 0 Å². The second kappa shape index (κ2) is 15.7. The molecule has 0 fully saturated rings. The fraction of sp³-hybridized carbons (Fsp3) is 0. The molecule has 0 aromatic heterocycles. The first-order valence-electron chi connectivity index (χ1n) is 0.612. The number of rotatable bonds is 0. The average Bonchev–Trinajstić information content (AvgIpc) is 0.811. The van der Waals surface area contributed by atoms with Crippen LogP contribution >= 0.6 is 0 Å². The van der Waals surface area contributed by atoms with Crippen molar-refractivity contribution in [3.8, 4) is 0 Å². The van der Waals surface area contributed by atoms with Gasteiger partial charge in [-0.3, -0.25) is 0 Å². The van der Waals surface area contributed by atoms with Gasteiger partial charge in [-0.05, 0) is 6.16 Å². The molecule has 0 aliphatic rings. The molecule has 0 N–H and O–H groups in total. The van der Waals surface area contributed by atoms with E-state index in [0.29, 0.717) is 0 Å². The minimum Gasteiger partial charge on any atom is -1.00 e. The standard InChI is InChI=1S/CH2O3.ClH.Mg.Na/c2-1(3)4;;;/h(H2,2,3,4);1H;;/q;;+2;+1/p-3. The average molecular weight is 143 g/mol. The number of carbonyl (C=O) groups excluding carboxylic acids is 1. The third kappa shape index (κ3) is 118. The van der Waals surface area contributed by atoms with Gasteiger partial charge < -0.3 is 27.4 Å². The summed E-state index contributed by atoms with van der Waals surface area (Å²) in [6, 6.07) is 0. The van der Waals surface area contributed by atoms with Crippen molar-refractivity contribution in [1.29, 1.82) is 0 Å². The van der Waals surface area contributed by atoms with Crippen LogP contribution in [0.3, 0.4) is 0 Å². The SMILES string of the molecule is O=C([O-])[O-].[Cl-].[Mg+2].[Na+]. The van der Waals surface area contributed by atoms with Crippen LogP contribution in [0.1, 0.15) is 0 Å². The molecule has 0 heterocycles. The van der Waals surface area contributed by atoms with Crippen molar-refractivity contribution in [1.82, 2.24) is 0 Å². The monoisotopic (exact) mass is 142 g/mol. The number of carbonyl (C=O) groups is 1. The Morgan fingerprint density at radius 1 is 1.29 bits per heavy atom. The van der Waals surface area contributed by atoms with E-state index in [-0.39, 0.29) is 65.0 Å². The Morgan fingerprint density at radius 2 is 1.29 bits per heavy atom.